The van der Waals surface area contributed by atoms with Gasteiger partial charge in [-0.2, -0.15) is 4.31 Å². The molecular weight excluding hydrogens is 276 g/mol. The van der Waals surface area contributed by atoms with E-state index in [1.165, 1.54) is 0 Å². The Hall–Kier alpha value is -0.980. The fourth-order valence-electron chi connectivity index (χ4n) is 2.67. The average Bonchev–Trinajstić information content (AvgIpc) is 2.47. The molecule has 0 saturated carbocycles. The second kappa shape index (κ2) is 7.15. The second-order valence-electron chi connectivity index (χ2n) is 5.16. The minimum absolute atomic E-state index is 0.0386. The topological polar surface area (TPSA) is 70.5 Å². The molecule has 2 heterocycles. The molecule has 6 heteroatoms. The molecule has 2 rings (SSSR count). The zero-order valence-electron chi connectivity index (χ0n) is 11.6. The van der Waals surface area contributed by atoms with Gasteiger partial charge < -0.3 is 5.11 Å². The molecule has 1 unspecified atom stereocenters. The van der Waals surface area contributed by atoms with Crippen molar-refractivity contribution in [1.29, 1.82) is 0 Å². The van der Waals surface area contributed by atoms with Crippen LogP contribution in [0, 0.1) is 0 Å². The summed E-state index contributed by atoms with van der Waals surface area (Å²) in [5.41, 5.74) is 0.798. The molecule has 0 radical (unpaired) electrons. The van der Waals surface area contributed by atoms with Gasteiger partial charge in [0.15, 0.2) is 0 Å². The summed E-state index contributed by atoms with van der Waals surface area (Å²) >= 11 is 0. The molecule has 112 valence electrons. The van der Waals surface area contributed by atoms with E-state index in [4.69, 9.17) is 5.11 Å². The number of aliphatic hydroxyl groups excluding tert-OH is 1. The summed E-state index contributed by atoms with van der Waals surface area (Å²) in [5, 5.41) is 9.08. The molecule has 1 fully saturated rings. The van der Waals surface area contributed by atoms with Crippen LogP contribution >= 0.6 is 0 Å². The van der Waals surface area contributed by atoms with Crippen molar-refractivity contribution < 1.29 is 13.5 Å². The summed E-state index contributed by atoms with van der Waals surface area (Å²) in [5.74, 6) is 0.0892. The Kier molecular flexibility index (Phi) is 5.51. The standard InChI is InChI=1S/C14H22N2O3S/c17-11-7-14-6-2-4-10-16(14)20(18,19)12-8-13-5-1-3-9-15-13/h1,3,5,9,14,17H,2,4,6-8,10-12H2. The van der Waals surface area contributed by atoms with Gasteiger partial charge in [-0.05, 0) is 31.4 Å². The molecule has 1 aliphatic heterocycles. The number of sulfonamides is 1. The molecule has 0 spiro atoms. The minimum atomic E-state index is -3.27. The van der Waals surface area contributed by atoms with Gasteiger partial charge in [0.25, 0.3) is 0 Å². The third-order valence-electron chi connectivity index (χ3n) is 3.74. The van der Waals surface area contributed by atoms with E-state index < -0.39 is 10.0 Å². The van der Waals surface area contributed by atoms with Gasteiger partial charge in [-0.25, -0.2) is 8.42 Å². The molecule has 1 N–H and O–H groups in total. The van der Waals surface area contributed by atoms with Crippen LogP contribution in [0.5, 0.6) is 0 Å². The van der Waals surface area contributed by atoms with Gasteiger partial charge in [0.05, 0.1) is 5.75 Å². The maximum atomic E-state index is 12.5. The van der Waals surface area contributed by atoms with Gasteiger partial charge in [-0.15, -0.1) is 0 Å². The van der Waals surface area contributed by atoms with Crippen LogP contribution in [-0.2, 0) is 16.4 Å². The number of nitrogens with zero attached hydrogens (tertiary/aromatic N) is 2. The first kappa shape index (κ1) is 15.4. The first-order valence-corrected chi connectivity index (χ1v) is 8.74. The fraction of sp³-hybridized carbons (Fsp3) is 0.643. The van der Waals surface area contributed by atoms with Gasteiger partial charge in [-0.1, -0.05) is 12.5 Å². The Morgan fingerprint density at radius 2 is 2.20 bits per heavy atom. The summed E-state index contributed by atoms with van der Waals surface area (Å²) in [6.45, 7) is 0.617. The van der Waals surface area contributed by atoms with Gasteiger partial charge in [0, 0.05) is 37.5 Å². The van der Waals surface area contributed by atoms with Crippen molar-refractivity contribution >= 4 is 10.0 Å². The van der Waals surface area contributed by atoms with Crippen LogP contribution in [0.1, 0.15) is 31.4 Å². The van der Waals surface area contributed by atoms with Crippen molar-refractivity contribution in [1.82, 2.24) is 9.29 Å². The number of aromatic nitrogens is 1. The Bertz CT molecular complexity index is 502. The summed E-state index contributed by atoms with van der Waals surface area (Å²) in [6.07, 6.45) is 5.44. The summed E-state index contributed by atoms with van der Waals surface area (Å²) in [7, 11) is -3.27. The summed E-state index contributed by atoms with van der Waals surface area (Å²) < 4.78 is 26.5. The lowest BCUT2D eigenvalue weighted by Gasteiger charge is -2.34. The van der Waals surface area contributed by atoms with E-state index in [9.17, 15) is 8.42 Å². The summed E-state index contributed by atoms with van der Waals surface area (Å²) in [4.78, 5) is 4.16. The molecule has 1 aromatic rings. The van der Waals surface area contributed by atoms with Gasteiger partial charge in [0.2, 0.25) is 10.0 Å². The predicted octanol–water partition coefficient (Wildman–Crippen LogP) is 1.19. The van der Waals surface area contributed by atoms with Gasteiger partial charge in [0.1, 0.15) is 0 Å². The Morgan fingerprint density at radius 1 is 1.35 bits per heavy atom. The van der Waals surface area contributed by atoms with Crippen molar-refractivity contribution in [3.05, 3.63) is 30.1 Å². The van der Waals surface area contributed by atoms with E-state index in [-0.39, 0.29) is 18.4 Å². The van der Waals surface area contributed by atoms with Crippen LogP contribution in [0.25, 0.3) is 0 Å². The molecule has 1 aliphatic rings. The normalized spacial score (nSPS) is 20.9. The zero-order chi connectivity index (χ0) is 14.4. The third-order valence-corrected chi connectivity index (χ3v) is 5.65. The maximum absolute atomic E-state index is 12.5. The average molecular weight is 298 g/mol. The zero-order valence-corrected chi connectivity index (χ0v) is 12.4. The number of piperidine rings is 1. The number of pyridine rings is 1. The molecule has 1 aromatic heterocycles. The number of aryl methyl sites for hydroxylation is 1. The SMILES string of the molecule is O=S(=O)(CCc1ccccn1)N1CCCCC1CCO. The van der Waals surface area contributed by atoms with E-state index in [0.717, 1.165) is 25.0 Å². The highest BCUT2D eigenvalue weighted by atomic mass is 32.2. The Morgan fingerprint density at radius 3 is 2.90 bits per heavy atom. The number of rotatable bonds is 6. The Labute approximate surface area is 120 Å². The minimum Gasteiger partial charge on any atom is -0.396 e. The lowest BCUT2D eigenvalue weighted by atomic mass is 10.0. The monoisotopic (exact) mass is 298 g/mol. The number of hydrogen-bond donors (Lipinski definition) is 1. The molecule has 0 amide bonds. The van der Waals surface area contributed by atoms with E-state index in [0.29, 0.717) is 19.4 Å². The molecule has 0 aliphatic carbocycles. The van der Waals surface area contributed by atoms with Crippen molar-refractivity contribution in [3.63, 3.8) is 0 Å². The van der Waals surface area contributed by atoms with E-state index >= 15 is 0 Å². The number of aliphatic hydroxyl groups is 1. The van der Waals surface area contributed by atoms with Gasteiger partial charge in [-0.3, -0.25) is 4.98 Å². The highest BCUT2D eigenvalue weighted by Crippen LogP contribution is 2.23. The first-order valence-electron chi connectivity index (χ1n) is 7.14. The van der Waals surface area contributed by atoms with Crippen LogP contribution in [0.2, 0.25) is 0 Å². The molecule has 0 bridgehead atoms. The summed E-state index contributed by atoms with van der Waals surface area (Å²) in [6, 6.07) is 5.49. The van der Waals surface area contributed by atoms with Crippen molar-refractivity contribution in [3.8, 4) is 0 Å². The van der Waals surface area contributed by atoms with Crippen LogP contribution in [0.3, 0.4) is 0 Å². The lowest BCUT2D eigenvalue weighted by Crippen LogP contribution is -2.45. The molecule has 0 aromatic carbocycles. The van der Waals surface area contributed by atoms with Gasteiger partial charge >= 0.3 is 0 Å². The third kappa shape index (κ3) is 4.01. The largest absolute Gasteiger partial charge is 0.396 e. The van der Waals surface area contributed by atoms with Crippen LogP contribution in [-0.4, -0.2) is 47.8 Å². The predicted molar refractivity (Wildman–Crippen MR) is 77.8 cm³/mol. The Balaban J connectivity index is 2.01. The first-order chi connectivity index (χ1) is 9.63. The molecule has 5 nitrogen and oxygen atoms in total. The van der Waals surface area contributed by atoms with Crippen molar-refractivity contribution in [2.75, 3.05) is 18.9 Å². The quantitative estimate of drug-likeness (QED) is 0.856. The highest BCUT2D eigenvalue weighted by molar-refractivity contribution is 7.89. The second-order valence-corrected chi connectivity index (χ2v) is 7.20. The van der Waals surface area contributed by atoms with E-state index in [1.54, 1.807) is 10.5 Å². The molecule has 1 atom stereocenters. The number of hydrogen-bond acceptors (Lipinski definition) is 4. The smallest absolute Gasteiger partial charge is 0.214 e. The van der Waals surface area contributed by atoms with Crippen LogP contribution in [0.4, 0.5) is 0 Å². The van der Waals surface area contributed by atoms with Crippen LogP contribution in [0.15, 0.2) is 24.4 Å². The lowest BCUT2D eigenvalue weighted by molar-refractivity contribution is 0.192. The molecular formula is C14H22N2O3S. The van der Waals surface area contributed by atoms with E-state index in [2.05, 4.69) is 4.98 Å². The molecule has 1 saturated heterocycles. The van der Waals surface area contributed by atoms with Crippen molar-refractivity contribution in [2.45, 2.75) is 38.1 Å². The van der Waals surface area contributed by atoms with Crippen molar-refractivity contribution in [2.24, 2.45) is 0 Å². The maximum Gasteiger partial charge on any atom is 0.214 e. The fourth-order valence-corrected chi connectivity index (χ4v) is 4.45. The highest BCUT2D eigenvalue weighted by Gasteiger charge is 2.31. The van der Waals surface area contributed by atoms with Crippen LogP contribution < -0.4 is 0 Å². The molecule has 20 heavy (non-hydrogen) atoms. The van der Waals surface area contributed by atoms with E-state index in [1.807, 2.05) is 18.2 Å².